The Labute approximate surface area is 105 Å². The Morgan fingerprint density at radius 2 is 2.06 bits per heavy atom. The van der Waals surface area contributed by atoms with Crippen molar-refractivity contribution in [1.29, 1.82) is 0 Å². The quantitative estimate of drug-likeness (QED) is 0.724. The Hall–Kier alpha value is -0.610. The molecule has 17 heavy (non-hydrogen) atoms. The maximum atomic E-state index is 11.6. The highest BCUT2D eigenvalue weighted by Crippen LogP contribution is 2.19. The first kappa shape index (κ1) is 14.5. The van der Waals surface area contributed by atoms with Crippen molar-refractivity contribution in [2.75, 3.05) is 33.2 Å². The molecule has 1 unspecified atom stereocenters. The summed E-state index contributed by atoms with van der Waals surface area (Å²) in [4.78, 5) is 13.8. The number of hydrogen-bond donors (Lipinski definition) is 2. The van der Waals surface area contributed by atoms with Gasteiger partial charge in [-0.15, -0.1) is 0 Å². The van der Waals surface area contributed by atoms with Crippen LogP contribution < -0.4 is 10.6 Å². The molecule has 0 radical (unpaired) electrons. The standard InChI is InChI=1S/C13H27N3O/c1-4-7-15-13(17)10-16-8-5-12(6-9-16)11(2)14-3/h11-12,14H,4-10H2,1-3H3,(H,15,17). The molecule has 1 amide bonds. The lowest BCUT2D eigenvalue weighted by Gasteiger charge is -2.34. The molecule has 0 aliphatic carbocycles. The summed E-state index contributed by atoms with van der Waals surface area (Å²) in [6.45, 7) is 7.79. The molecule has 0 aromatic heterocycles. The van der Waals surface area contributed by atoms with E-state index in [1.165, 1.54) is 12.8 Å². The number of rotatable bonds is 6. The van der Waals surface area contributed by atoms with Crippen LogP contribution in [-0.2, 0) is 4.79 Å². The molecule has 1 aliphatic heterocycles. The molecular weight excluding hydrogens is 214 g/mol. The van der Waals surface area contributed by atoms with Gasteiger partial charge in [-0.3, -0.25) is 9.69 Å². The lowest BCUT2D eigenvalue weighted by molar-refractivity contribution is -0.122. The zero-order valence-corrected chi connectivity index (χ0v) is 11.5. The number of amides is 1. The molecule has 4 heteroatoms. The fraction of sp³-hybridized carbons (Fsp3) is 0.923. The molecule has 0 aromatic carbocycles. The van der Waals surface area contributed by atoms with Gasteiger partial charge in [0, 0.05) is 12.6 Å². The molecule has 100 valence electrons. The lowest BCUT2D eigenvalue weighted by atomic mass is 9.90. The summed E-state index contributed by atoms with van der Waals surface area (Å²) >= 11 is 0. The van der Waals surface area contributed by atoms with E-state index in [-0.39, 0.29) is 5.91 Å². The predicted octanol–water partition coefficient (Wildman–Crippen LogP) is 0.833. The monoisotopic (exact) mass is 241 g/mol. The molecule has 4 nitrogen and oxygen atoms in total. The van der Waals surface area contributed by atoms with Crippen LogP contribution >= 0.6 is 0 Å². The molecule has 0 saturated carbocycles. The third-order valence-corrected chi connectivity index (χ3v) is 3.73. The number of hydrogen-bond acceptors (Lipinski definition) is 3. The molecule has 1 aliphatic rings. The van der Waals surface area contributed by atoms with Crippen LogP contribution in [0, 0.1) is 5.92 Å². The third kappa shape index (κ3) is 5.04. The van der Waals surface area contributed by atoms with E-state index in [1.807, 2.05) is 7.05 Å². The summed E-state index contributed by atoms with van der Waals surface area (Å²) in [5.41, 5.74) is 0. The highest BCUT2D eigenvalue weighted by molar-refractivity contribution is 5.77. The van der Waals surface area contributed by atoms with Gasteiger partial charge in [-0.05, 0) is 52.2 Å². The summed E-state index contributed by atoms with van der Waals surface area (Å²) in [7, 11) is 2.02. The minimum absolute atomic E-state index is 0.173. The van der Waals surface area contributed by atoms with Crippen molar-refractivity contribution in [1.82, 2.24) is 15.5 Å². The van der Waals surface area contributed by atoms with Crippen LogP contribution in [0.5, 0.6) is 0 Å². The minimum atomic E-state index is 0.173. The lowest BCUT2D eigenvalue weighted by Crippen LogP contribution is -2.44. The summed E-state index contributed by atoms with van der Waals surface area (Å²) in [5, 5.41) is 6.25. The SMILES string of the molecule is CCCNC(=O)CN1CCC(C(C)NC)CC1. The van der Waals surface area contributed by atoms with Crippen molar-refractivity contribution >= 4 is 5.91 Å². The van der Waals surface area contributed by atoms with Crippen molar-refractivity contribution in [2.24, 2.45) is 5.92 Å². The predicted molar refractivity (Wildman–Crippen MR) is 71.0 cm³/mol. The second-order valence-electron chi connectivity index (χ2n) is 5.04. The third-order valence-electron chi connectivity index (χ3n) is 3.73. The van der Waals surface area contributed by atoms with Crippen LogP contribution in [-0.4, -0.2) is 50.1 Å². The van der Waals surface area contributed by atoms with Crippen LogP contribution in [0.1, 0.15) is 33.1 Å². The Balaban J connectivity index is 2.20. The van der Waals surface area contributed by atoms with Gasteiger partial charge in [-0.2, -0.15) is 0 Å². The van der Waals surface area contributed by atoms with Crippen molar-refractivity contribution in [2.45, 2.75) is 39.2 Å². The molecule has 2 N–H and O–H groups in total. The summed E-state index contributed by atoms with van der Waals surface area (Å²) in [6, 6.07) is 0.589. The average Bonchev–Trinajstić information content (AvgIpc) is 2.36. The largest absolute Gasteiger partial charge is 0.355 e. The second kappa shape index (κ2) is 7.67. The van der Waals surface area contributed by atoms with Gasteiger partial charge in [-0.25, -0.2) is 0 Å². The van der Waals surface area contributed by atoms with Crippen molar-refractivity contribution in [3.05, 3.63) is 0 Å². The van der Waals surface area contributed by atoms with Crippen molar-refractivity contribution in [3.63, 3.8) is 0 Å². The van der Waals surface area contributed by atoms with E-state index >= 15 is 0 Å². The highest BCUT2D eigenvalue weighted by atomic mass is 16.2. The molecule has 1 atom stereocenters. The van der Waals surface area contributed by atoms with E-state index in [2.05, 4.69) is 29.4 Å². The summed E-state index contributed by atoms with van der Waals surface area (Å²) in [5.74, 6) is 0.932. The Kier molecular flexibility index (Phi) is 6.52. The van der Waals surface area contributed by atoms with Crippen molar-refractivity contribution in [3.8, 4) is 0 Å². The van der Waals surface area contributed by atoms with Crippen LogP contribution in [0.2, 0.25) is 0 Å². The van der Waals surface area contributed by atoms with E-state index in [4.69, 9.17) is 0 Å². The fourth-order valence-electron chi connectivity index (χ4n) is 2.37. The first-order valence-electron chi connectivity index (χ1n) is 6.83. The molecule has 1 fully saturated rings. The minimum Gasteiger partial charge on any atom is -0.355 e. The van der Waals surface area contributed by atoms with E-state index in [9.17, 15) is 4.79 Å². The fourth-order valence-corrected chi connectivity index (χ4v) is 2.37. The smallest absolute Gasteiger partial charge is 0.234 e. The normalized spacial score (nSPS) is 20.2. The molecular formula is C13H27N3O. The van der Waals surface area contributed by atoms with Gasteiger partial charge in [-0.1, -0.05) is 6.92 Å². The molecule has 0 bridgehead atoms. The number of likely N-dealkylation sites (tertiary alicyclic amines) is 1. The summed E-state index contributed by atoms with van der Waals surface area (Å²) < 4.78 is 0. The zero-order valence-electron chi connectivity index (χ0n) is 11.5. The van der Waals surface area contributed by atoms with Crippen LogP contribution in [0.15, 0.2) is 0 Å². The first-order valence-corrected chi connectivity index (χ1v) is 6.83. The van der Waals surface area contributed by atoms with Crippen LogP contribution in [0.4, 0.5) is 0 Å². The Morgan fingerprint density at radius 1 is 1.41 bits per heavy atom. The number of nitrogens with one attached hydrogen (secondary N) is 2. The molecule has 1 heterocycles. The van der Waals surface area contributed by atoms with Gasteiger partial charge >= 0.3 is 0 Å². The highest BCUT2D eigenvalue weighted by Gasteiger charge is 2.23. The zero-order chi connectivity index (χ0) is 12.7. The van der Waals surface area contributed by atoms with E-state index < -0.39 is 0 Å². The average molecular weight is 241 g/mol. The maximum Gasteiger partial charge on any atom is 0.234 e. The van der Waals surface area contributed by atoms with Crippen molar-refractivity contribution < 1.29 is 4.79 Å². The Bertz CT molecular complexity index is 225. The first-order chi connectivity index (χ1) is 8.17. The maximum absolute atomic E-state index is 11.6. The molecule has 0 aromatic rings. The Morgan fingerprint density at radius 3 is 2.59 bits per heavy atom. The number of piperidine rings is 1. The summed E-state index contributed by atoms with van der Waals surface area (Å²) in [6.07, 6.45) is 3.40. The van der Waals surface area contributed by atoms with E-state index in [0.717, 1.165) is 32.0 Å². The van der Waals surface area contributed by atoms with Gasteiger partial charge in [0.05, 0.1) is 6.54 Å². The van der Waals surface area contributed by atoms with Gasteiger partial charge in [0.2, 0.25) is 5.91 Å². The molecule has 1 rings (SSSR count). The van der Waals surface area contributed by atoms with Gasteiger partial charge < -0.3 is 10.6 Å². The second-order valence-corrected chi connectivity index (χ2v) is 5.04. The van der Waals surface area contributed by atoms with Gasteiger partial charge in [0.25, 0.3) is 0 Å². The van der Waals surface area contributed by atoms with E-state index in [0.29, 0.717) is 12.6 Å². The number of carbonyl (C=O) groups is 1. The van der Waals surface area contributed by atoms with Crippen LogP contribution in [0.25, 0.3) is 0 Å². The molecule has 0 spiro atoms. The number of carbonyl (C=O) groups excluding carboxylic acids is 1. The van der Waals surface area contributed by atoms with Gasteiger partial charge in [0.15, 0.2) is 0 Å². The van der Waals surface area contributed by atoms with E-state index in [1.54, 1.807) is 0 Å². The van der Waals surface area contributed by atoms with Gasteiger partial charge in [0.1, 0.15) is 0 Å². The van der Waals surface area contributed by atoms with Crippen LogP contribution in [0.3, 0.4) is 0 Å². The topological polar surface area (TPSA) is 44.4 Å². The number of nitrogens with zero attached hydrogens (tertiary/aromatic N) is 1. The molecule has 1 saturated heterocycles.